The fourth-order valence-electron chi connectivity index (χ4n) is 4.63. The van der Waals surface area contributed by atoms with Gasteiger partial charge in [0, 0.05) is 55.6 Å². The lowest BCUT2D eigenvalue weighted by atomic mass is 9.96. The Labute approximate surface area is 244 Å². The van der Waals surface area contributed by atoms with E-state index in [2.05, 4.69) is 15.3 Å². The number of amides is 1. The number of aromatic nitrogens is 2. The smallest absolute Gasteiger partial charge is 0.255 e. The Bertz CT molecular complexity index is 1880. The number of nitrogens with one attached hydrogen (secondary N) is 1. The summed E-state index contributed by atoms with van der Waals surface area (Å²) in [7, 11) is 5.29. The maximum Gasteiger partial charge on any atom is 0.255 e. The maximum atomic E-state index is 15.0. The fraction of sp³-hybridized carbons (Fsp3) is 0.0938. The second kappa shape index (κ2) is 12.9. The van der Waals surface area contributed by atoms with Crippen LogP contribution in [0.25, 0.3) is 56.1 Å². The van der Waals surface area contributed by atoms with E-state index in [0.29, 0.717) is 44.7 Å². The molecule has 43 heavy (non-hydrogen) atoms. The third-order valence-electron chi connectivity index (χ3n) is 6.52. The number of hydrogen-bond donors (Lipinski definition) is 1. The van der Waals surface area contributed by atoms with Gasteiger partial charge in [0.2, 0.25) is 11.6 Å². The lowest BCUT2D eigenvalue weighted by Gasteiger charge is -2.18. The number of anilines is 1. The highest BCUT2D eigenvalue weighted by Crippen LogP contribution is 2.41. The summed E-state index contributed by atoms with van der Waals surface area (Å²) >= 11 is 0. The third-order valence-corrected chi connectivity index (χ3v) is 6.52. The average molecular weight is 585 g/mol. The van der Waals surface area contributed by atoms with Crippen molar-refractivity contribution in [3.63, 3.8) is 0 Å². The highest BCUT2D eigenvalue weighted by Gasteiger charge is 2.24. The molecular formula is C32H26F2N4O5. The molecule has 0 aliphatic carbocycles. The zero-order valence-corrected chi connectivity index (χ0v) is 23.5. The third kappa shape index (κ3) is 5.73. The van der Waals surface area contributed by atoms with E-state index in [4.69, 9.17) is 18.4 Å². The number of oxazole rings is 1. The number of hydrogen-bond acceptors (Lipinski definition) is 8. The van der Waals surface area contributed by atoms with E-state index in [0.717, 1.165) is 11.3 Å². The van der Waals surface area contributed by atoms with Crippen molar-refractivity contribution in [3.8, 4) is 33.9 Å². The molecule has 3 heterocycles. The largest absolute Gasteiger partial charge is 0.455 e. The molecule has 0 fully saturated rings. The van der Waals surface area contributed by atoms with Crippen LogP contribution in [0.15, 0.2) is 81.8 Å². The van der Waals surface area contributed by atoms with Crippen LogP contribution in [0.3, 0.4) is 0 Å². The summed E-state index contributed by atoms with van der Waals surface area (Å²) in [4.78, 5) is 39.5. The first-order valence-electron chi connectivity index (χ1n) is 12.7. The molecule has 1 amide bonds. The second-order valence-electron chi connectivity index (χ2n) is 9.19. The lowest BCUT2D eigenvalue weighted by Crippen LogP contribution is -2.18. The molecule has 218 valence electrons. The molecule has 0 atom stereocenters. The zero-order valence-electron chi connectivity index (χ0n) is 23.5. The average Bonchev–Trinajstić information content (AvgIpc) is 3.64. The van der Waals surface area contributed by atoms with Crippen LogP contribution in [0, 0.1) is 11.6 Å². The van der Waals surface area contributed by atoms with Crippen molar-refractivity contribution in [1.82, 2.24) is 15.3 Å². The Kier molecular flexibility index (Phi) is 9.05. The van der Waals surface area contributed by atoms with Crippen molar-refractivity contribution >= 4 is 47.4 Å². The van der Waals surface area contributed by atoms with Crippen LogP contribution in [0.2, 0.25) is 0 Å². The molecule has 0 radical (unpaired) electrons. The van der Waals surface area contributed by atoms with Crippen LogP contribution in [-0.4, -0.2) is 50.6 Å². The van der Waals surface area contributed by atoms with Crippen LogP contribution in [0.5, 0.6) is 0 Å². The molecule has 6 aromatic rings. The Morgan fingerprint density at radius 3 is 2.23 bits per heavy atom. The monoisotopic (exact) mass is 584 g/mol. The molecule has 6 rings (SSSR count). The zero-order chi connectivity index (χ0) is 31.3. The van der Waals surface area contributed by atoms with Crippen LogP contribution in [0.4, 0.5) is 14.5 Å². The van der Waals surface area contributed by atoms with Crippen molar-refractivity contribution < 1.29 is 32.0 Å². The number of furan rings is 1. The standard InChI is InChI=1S/C30H22F2N4O3.2CH2O/c1-33-28(37)26-21-14-19(24(36(2)3)15-25(21)38-27(26)16-6-9-18(31)10-7-16)17-8-11-22(32)20(13-17)29-35-23-5-4-12-34-30(23)39-29;2*1-2/h4-15H,1-3H3,(H,33,37);2*1H2. The van der Waals surface area contributed by atoms with E-state index in [1.165, 1.54) is 25.2 Å². The molecule has 0 aliphatic rings. The SMILES string of the molecule is C=O.C=O.CNC(=O)c1c(-c2ccc(F)cc2)oc2cc(N(C)C)c(-c3ccc(F)c(-c4nc5cccnc5o4)c3)cc12. The minimum atomic E-state index is -0.495. The predicted molar refractivity (Wildman–Crippen MR) is 160 cm³/mol. The first-order chi connectivity index (χ1) is 20.8. The van der Waals surface area contributed by atoms with Crippen LogP contribution in [-0.2, 0) is 9.59 Å². The van der Waals surface area contributed by atoms with Gasteiger partial charge < -0.3 is 28.6 Å². The Hall–Kier alpha value is -5.71. The molecule has 3 aromatic carbocycles. The molecular weight excluding hydrogens is 558 g/mol. The van der Waals surface area contributed by atoms with Gasteiger partial charge in [0.05, 0.1) is 11.1 Å². The van der Waals surface area contributed by atoms with Gasteiger partial charge in [0.25, 0.3) is 5.91 Å². The van der Waals surface area contributed by atoms with Crippen LogP contribution in [0.1, 0.15) is 10.4 Å². The van der Waals surface area contributed by atoms with E-state index in [-0.39, 0.29) is 17.4 Å². The normalized spacial score (nSPS) is 10.4. The first-order valence-corrected chi connectivity index (χ1v) is 12.7. The lowest BCUT2D eigenvalue weighted by molar-refractivity contribution is -0.0987. The van der Waals surface area contributed by atoms with E-state index in [1.54, 1.807) is 42.6 Å². The molecule has 3 aromatic heterocycles. The Balaban J connectivity index is 0.00000102. The van der Waals surface area contributed by atoms with Gasteiger partial charge in [-0.1, -0.05) is 6.07 Å². The summed E-state index contributed by atoms with van der Waals surface area (Å²) in [5.74, 6) is -0.801. The van der Waals surface area contributed by atoms with Gasteiger partial charge in [-0.05, 0) is 60.2 Å². The highest BCUT2D eigenvalue weighted by molar-refractivity contribution is 6.13. The van der Waals surface area contributed by atoms with Crippen molar-refractivity contribution in [3.05, 3.63) is 90.1 Å². The number of halogens is 2. The van der Waals surface area contributed by atoms with Gasteiger partial charge in [-0.25, -0.2) is 18.7 Å². The van der Waals surface area contributed by atoms with E-state index >= 15 is 4.39 Å². The first kappa shape index (κ1) is 30.3. The van der Waals surface area contributed by atoms with Gasteiger partial charge in [-0.2, -0.15) is 0 Å². The fourth-order valence-corrected chi connectivity index (χ4v) is 4.63. The number of pyridine rings is 1. The maximum absolute atomic E-state index is 15.0. The van der Waals surface area contributed by atoms with Crippen LogP contribution < -0.4 is 10.2 Å². The molecule has 0 saturated heterocycles. The summed E-state index contributed by atoms with van der Waals surface area (Å²) in [6.07, 6.45) is 1.58. The predicted octanol–water partition coefficient (Wildman–Crippen LogP) is 6.30. The summed E-state index contributed by atoms with van der Waals surface area (Å²) in [6, 6.07) is 17.6. The van der Waals surface area contributed by atoms with Gasteiger partial charge in [-0.15, -0.1) is 0 Å². The number of fused-ring (bicyclic) bond motifs is 2. The van der Waals surface area contributed by atoms with Crippen molar-refractivity contribution in [1.29, 1.82) is 0 Å². The summed E-state index contributed by atoms with van der Waals surface area (Å²) < 4.78 is 40.5. The van der Waals surface area contributed by atoms with Crippen molar-refractivity contribution in [2.24, 2.45) is 0 Å². The van der Waals surface area contributed by atoms with Crippen molar-refractivity contribution in [2.75, 3.05) is 26.0 Å². The summed E-state index contributed by atoms with van der Waals surface area (Å²) in [5, 5.41) is 3.23. The highest BCUT2D eigenvalue weighted by atomic mass is 19.1. The topological polar surface area (TPSA) is 119 Å². The quantitative estimate of drug-likeness (QED) is 0.251. The Morgan fingerprint density at radius 2 is 1.58 bits per heavy atom. The summed E-state index contributed by atoms with van der Waals surface area (Å²) in [5.41, 5.74) is 4.57. The number of carbonyl (C=O) groups excluding carboxylic acids is 3. The van der Waals surface area contributed by atoms with E-state index in [9.17, 15) is 9.18 Å². The number of carbonyl (C=O) groups is 3. The van der Waals surface area contributed by atoms with Gasteiger partial charge >= 0.3 is 0 Å². The molecule has 0 unspecified atom stereocenters. The van der Waals surface area contributed by atoms with E-state index < -0.39 is 11.6 Å². The number of rotatable bonds is 5. The minimum Gasteiger partial charge on any atom is -0.455 e. The van der Waals surface area contributed by atoms with Gasteiger partial charge in [-0.3, -0.25) is 4.79 Å². The molecule has 0 aliphatic heterocycles. The molecule has 1 N–H and O–H groups in total. The number of nitrogens with zero attached hydrogens (tertiary/aromatic N) is 3. The van der Waals surface area contributed by atoms with Crippen molar-refractivity contribution in [2.45, 2.75) is 0 Å². The van der Waals surface area contributed by atoms with Crippen LogP contribution >= 0.6 is 0 Å². The molecule has 0 bridgehead atoms. The molecule has 9 nitrogen and oxygen atoms in total. The second-order valence-corrected chi connectivity index (χ2v) is 9.19. The van der Waals surface area contributed by atoms with E-state index in [1.807, 2.05) is 44.7 Å². The van der Waals surface area contributed by atoms with Gasteiger partial charge in [0.15, 0.2) is 0 Å². The number of benzene rings is 3. The Morgan fingerprint density at radius 1 is 0.884 bits per heavy atom. The molecule has 0 saturated carbocycles. The molecule has 0 spiro atoms. The molecule has 11 heteroatoms. The van der Waals surface area contributed by atoms with Gasteiger partial charge in [0.1, 0.15) is 42.1 Å². The minimum absolute atomic E-state index is 0.114. The summed E-state index contributed by atoms with van der Waals surface area (Å²) in [6.45, 7) is 4.00.